The molecule has 1 N–H and O–H groups in total. The fourth-order valence-corrected chi connectivity index (χ4v) is 1.76. The van der Waals surface area contributed by atoms with Crippen LogP contribution in [0.15, 0.2) is 18.2 Å². The van der Waals surface area contributed by atoms with E-state index in [2.05, 4.69) is 0 Å². The maximum atomic E-state index is 13.5. The Labute approximate surface area is 116 Å². The molecule has 0 aliphatic carbocycles. The summed E-state index contributed by atoms with van der Waals surface area (Å²) in [5.74, 6) is -3.56. The quantitative estimate of drug-likeness (QED) is 0.870. The molecule has 0 aliphatic rings. The minimum Gasteiger partial charge on any atom is -0.481 e. The van der Waals surface area contributed by atoms with Crippen molar-refractivity contribution in [3.63, 3.8) is 0 Å². The highest BCUT2D eigenvalue weighted by molar-refractivity contribution is 5.79. The smallest absolute Gasteiger partial charge is 0.308 e. The Bertz CT molecular complexity index is 505. The van der Waals surface area contributed by atoms with E-state index in [9.17, 15) is 18.4 Å². The van der Waals surface area contributed by atoms with Gasteiger partial charge in [0.05, 0.1) is 12.3 Å². The van der Waals surface area contributed by atoms with Crippen molar-refractivity contribution in [3.05, 3.63) is 35.4 Å². The largest absolute Gasteiger partial charge is 0.481 e. The molecule has 0 bridgehead atoms. The molecule has 110 valence electrons. The van der Waals surface area contributed by atoms with Gasteiger partial charge in [-0.15, -0.1) is 0 Å². The summed E-state index contributed by atoms with van der Waals surface area (Å²) in [4.78, 5) is 24.1. The van der Waals surface area contributed by atoms with Gasteiger partial charge >= 0.3 is 5.97 Å². The maximum absolute atomic E-state index is 13.5. The summed E-state index contributed by atoms with van der Waals surface area (Å²) in [6.45, 7) is 3.61. The number of rotatable bonds is 6. The third kappa shape index (κ3) is 4.29. The number of hydrogen-bond acceptors (Lipinski definition) is 2. The van der Waals surface area contributed by atoms with Gasteiger partial charge in [0, 0.05) is 19.2 Å². The Kier molecular flexibility index (Phi) is 5.61. The zero-order valence-electron chi connectivity index (χ0n) is 11.4. The van der Waals surface area contributed by atoms with Gasteiger partial charge in [-0.3, -0.25) is 9.59 Å². The average molecular weight is 285 g/mol. The Hall–Kier alpha value is -1.98. The molecule has 20 heavy (non-hydrogen) atoms. The highest BCUT2D eigenvalue weighted by Crippen LogP contribution is 2.12. The Morgan fingerprint density at radius 1 is 1.35 bits per heavy atom. The molecule has 6 heteroatoms. The van der Waals surface area contributed by atoms with Gasteiger partial charge in [0.25, 0.3) is 0 Å². The standard InChI is InChI=1S/C14H17F2NO3/c1-3-17(8-9(2)14(19)20)13(18)6-10-4-5-11(15)7-12(10)16/h4-5,7,9H,3,6,8H2,1-2H3,(H,19,20). The highest BCUT2D eigenvalue weighted by atomic mass is 19.1. The summed E-state index contributed by atoms with van der Waals surface area (Å²) < 4.78 is 26.2. The molecule has 0 saturated heterocycles. The number of benzene rings is 1. The van der Waals surface area contributed by atoms with Crippen LogP contribution in [0.25, 0.3) is 0 Å². The van der Waals surface area contributed by atoms with E-state index in [0.29, 0.717) is 6.54 Å². The summed E-state index contributed by atoms with van der Waals surface area (Å²) in [7, 11) is 0. The second-order valence-electron chi connectivity index (χ2n) is 4.58. The van der Waals surface area contributed by atoms with Crippen LogP contribution in [0.2, 0.25) is 0 Å². The van der Waals surface area contributed by atoms with Gasteiger partial charge in [0.15, 0.2) is 0 Å². The van der Waals surface area contributed by atoms with Crippen LogP contribution >= 0.6 is 0 Å². The van der Waals surface area contributed by atoms with Gasteiger partial charge in [-0.25, -0.2) is 8.78 Å². The second-order valence-corrected chi connectivity index (χ2v) is 4.58. The van der Waals surface area contributed by atoms with Gasteiger partial charge in [0.2, 0.25) is 5.91 Å². The lowest BCUT2D eigenvalue weighted by Crippen LogP contribution is -2.37. The van der Waals surface area contributed by atoms with Crippen LogP contribution in [0.5, 0.6) is 0 Å². The Morgan fingerprint density at radius 3 is 2.50 bits per heavy atom. The summed E-state index contributed by atoms with van der Waals surface area (Å²) in [6.07, 6.45) is -0.216. The summed E-state index contributed by atoms with van der Waals surface area (Å²) in [5.41, 5.74) is 0.0952. The van der Waals surface area contributed by atoms with Crippen LogP contribution in [0, 0.1) is 17.6 Å². The summed E-state index contributed by atoms with van der Waals surface area (Å²) >= 11 is 0. The number of nitrogens with zero attached hydrogens (tertiary/aromatic N) is 1. The van der Waals surface area contributed by atoms with Crippen molar-refractivity contribution in [3.8, 4) is 0 Å². The molecule has 0 radical (unpaired) electrons. The first-order valence-corrected chi connectivity index (χ1v) is 6.29. The van der Waals surface area contributed by atoms with E-state index in [1.165, 1.54) is 17.9 Å². The molecule has 1 atom stereocenters. The number of amides is 1. The fourth-order valence-electron chi connectivity index (χ4n) is 1.76. The number of aliphatic carboxylic acids is 1. The van der Waals surface area contributed by atoms with Crippen LogP contribution in [0.4, 0.5) is 8.78 Å². The van der Waals surface area contributed by atoms with E-state index in [1.807, 2.05) is 0 Å². The number of carbonyl (C=O) groups is 2. The molecule has 4 nitrogen and oxygen atoms in total. The average Bonchev–Trinajstić information content (AvgIpc) is 2.38. The lowest BCUT2D eigenvalue weighted by molar-refractivity contribution is -0.142. The topological polar surface area (TPSA) is 57.6 Å². The van der Waals surface area contributed by atoms with Crippen LogP contribution in [0.1, 0.15) is 19.4 Å². The van der Waals surface area contributed by atoms with Crippen molar-refractivity contribution in [1.82, 2.24) is 4.90 Å². The van der Waals surface area contributed by atoms with Crippen molar-refractivity contribution in [2.45, 2.75) is 20.3 Å². The van der Waals surface area contributed by atoms with E-state index in [1.54, 1.807) is 6.92 Å². The first kappa shape index (κ1) is 16.1. The van der Waals surface area contributed by atoms with Crippen molar-refractivity contribution in [1.29, 1.82) is 0 Å². The summed E-state index contributed by atoms with van der Waals surface area (Å²) in [6, 6.07) is 3.03. The van der Waals surface area contributed by atoms with Crippen LogP contribution in [-0.4, -0.2) is 35.0 Å². The zero-order valence-corrected chi connectivity index (χ0v) is 11.4. The molecule has 1 aromatic carbocycles. The molecule has 0 aromatic heterocycles. The molecule has 0 fully saturated rings. The predicted molar refractivity (Wildman–Crippen MR) is 69.1 cm³/mol. The lowest BCUT2D eigenvalue weighted by atomic mass is 10.1. The third-order valence-corrected chi connectivity index (χ3v) is 3.01. The second kappa shape index (κ2) is 6.98. The monoisotopic (exact) mass is 285 g/mol. The number of carboxylic acids is 1. The lowest BCUT2D eigenvalue weighted by Gasteiger charge is -2.23. The van der Waals surface area contributed by atoms with E-state index >= 15 is 0 Å². The molecular formula is C14H17F2NO3. The van der Waals surface area contributed by atoms with E-state index in [4.69, 9.17) is 5.11 Å². The normalized spacial score (nSPS) is 12.0. The van der Waals surface area contributed by atoms with Crippen molar-refractivity contribution < 1.29 is 23.5 Å². The molecule has 0 spiro atoms. The van der Waals surface area contributed by atoms with Gasteiger partial charge < -0.3 is 10.0 Å². The first-order valence-electron chi connectivity index (χ1n) is 6.29. The van der Waals surface area contributed by atoms with Crippen LogP contribution < -0.4 is 0 Å². The number of carboxylic acid groups (broad SMARTS) is 1. The van der Waals surface area contributed by atoms with Gasteiger partial charge in [-0.2, -0.15) is 0 Å². The minimum atomic E-state index is -0.996. The van der Waals surface area contributed by atoms with Gasteiger partial charge in [-0.1, -0.05) is 13.0 Å². The fraction of sp³-hybridized carbons (Fsp3) is 0.429. The van der Waals surface area contributed by atoms with E-state index < -0.39 is 23.5 Å². The Balaban J connectivity index is 2.74. The molecule has 0 aliphatic heterocycles. The minimum absolute atomic E-state index is 0.0630. The summed E-state index contributed by atoms with van der Waals surface area (Å²) in [5, 5.41) is 8.83. The van der Waals surface area contributed by atoms with Crippen molar-refractivity contribution >= 4 is 11.9 Å². The first-order chi connectivity index (χ1) is 9.35. The molecular weight excluding hydrogens is 268 g/mol. The van der Waals surface area contributed by atoms with Gasteiger partial charge in [0.1, 0.15) is 11.6 Å². The zero-order chi connectivity index (χ0) is 15.3. The van der Waals surface area contributed by atoms with Crippen LogP contribution in [0.3, 0.4) is 0 Å². The third-order valence-electron chi connectivity index (χ3n) is 3.01. The molecule has 1 rings (SSSR count). The molecule has 1 unspecified atom stereocenters. The number of halogens is 2. The molecule has 1 amide bonds. The maximum Gasteiger partial charge on any atom is 0.308 e. The van der Waals surface area contributed by atoms with E-state index in [0.717, 1.165) is 12.1 Å². The molecule has 0 saturated carbocycles. The number of likely N-dealkylation sites (N-methyl/N-ethyl adjacent to an activating group) is 1. The number of hydrogen-bond donors (Lipinski definition) is 1. The highest BCUT2D eigenvalue weighted by Gasteiger charge is 2.20. The van der Waals surface area contributed by atoms with Crippen molar-refractivity contribution in [2.24, 2.45) is 5.92 Å². The number of carbonyl (C=O) groups excluding carboxylic acids is 1. The van der Waals surface area contributed by atoms with Gasteiger partial charge in [-0.05, 0) is 18.6 Å². The van der Waals surface area contributed by atoms with Crippen molar-refractivity contribution in [2.75, 3.05) is 13.1 Å². The predicted octanol–water partition coefficient (Wildman–Crippen LogP) is 2.08. The Morgan fingerprint density at radius 2 is 2.00 bits per heavy atom. The van der Waals surface area contributed by atoms with Crippen LogP contribution in [-0.2, 0) is 16.0 Å². The molecule has 1 aromatic rings. The van der Waals surface area contributed by atoms with E-state index in [-0.39, 0.29) is 24.4 Å². The SMILES string of the molecule is CCN(CC(C)C(=O)O)C(=O)Cc1ccc(F)cc1F. The molecule has 0 heterocycles.